The molecule has 3 heterocycles. The molecule has 3 aromatic rings. The van der Waals surface area contributed by atoms with Crippen molar-refractivity contribution in [2.75, 3.05) is 23.8 Å². The van der Waals surface area contributed by atoms with Gasteiger partial charge in [-0.3, -0.25) is 10.1 Å². The molecule has 1 aliphatic rings. The Bertz CT molecular complexity index is 917. The van der Waals surface area contributed by atoms with Gasteiger partial charge in [-0.05, 0) is 31.9 Å². The van der Waals surface area contributed by atoms with Crippen molar-refractivity contribution in [2.45, 2.75) is 25.9 Å². The summed E-state index contributed by atoms with van der Waals surface area (Å²) in [6, 6.07) is 9.13. The van der Waals surface area contributed by atoms with E-state index in [1.807, 2.05) is 30.5 Å². The number of ether oxygens (including phenoxy) is 1. The normalized spacial score (nSPS) is 16.4. The lowest BCUT2D eigenvalue weighted by molar-refractivity contribution is 0.102. The van der Waals surface area contributed by atoms with E-state index < -0.39 is 0 Å². The van der Waals surface area contributed by atoms with E-state index in [2.05, 4.69) is 20.6 Å². The SMILES string of the molecule is Cc1nc(NC(=O)c2ccccc2)sc1-c1csc(NCC2CCCO2)n1. The Hall–Kier alpha value is -2.29. The Morgan fingerprint density at radius 2 is 2.11 bits per heavy atom. The zero-order valence-corrected chi connectivity index (χ0v) is 16.5. The highest BCUT2D eigenvalue weighted by atomic mass is 32.1. The number of aryl methyl sites for hydroxylation is 1. The largest absolute Gasteiger partial charge is 0.376 e. The molecule has 2 aromatic heterocycles. The first-order valence-corrected chi connectivity index (χ1v) is 10.5. The van der Waals surface area contributed by atoms with Crippen LogP contribution in [0, 0.1) is 6.92 Å². The van der Waals surface area contributed by atoms with Crippen LogP contribution in [0.3, 0.4) is 0 Å². The lowest BCUT2D eigenvalue weighted by atomic mass is 10.2. The predicted molar refractivity (Wildman–Crippen MR) is 110 cm³/mol. The molecule has 1 aromatic carbocycles. The van der Waals surface area contributed by atoms with Gasteiger partial charge in [-0.2, -0.15) is 0 Å². The summed E-state index contributed by atoms with van der Waals surface area (Å²) in [6.07, 6.45) is 2.51. The fourth-order valence-electron chi connectivity index (χ4n) is 2.91. The Morgan fingerprint density at radius 3 is 2.89 bits per heavy atom. The third-order valence-electron chi connectivity index (χ3n) is 4.29. The van der Waals surface area contributed by atoms with Crippen LogP contribution in [0.25, 0.3) is 10.6 Å². The Balaban J connectivity index is 1.43. The van der Waals surface area contributed by atoms with Crippen LogP contribution in [0.5, 0.6) is 0 Å². The maximum absolute atomic E-state index is 12.3. The van der Waals surface area contributed by atoms with Crippen LogP contribution in [-0.4, -0.2) is 35.1 Å². The van der Waals surface area contributed by atoms with Crippen molar-refractivity contribution >= 4 is 38.8 Å². The molecule has 1 saturated heterocycles. The summed E-state index contributed by atoms with van der Waals surface area (Å²) in [4.78, 5) is 22.4. The van der Waals surface area contributed by atoms with Crippen LogP contribution in [0.4, 0.5) is 10.3 Å². The van der Waals surface area contributed by atoms with Gasteiger partial charge in [0.25, 0.3) is 5.91 Å². The molecule has 1 atom stereocenters. The summed E-state index contributed by atoms with van der Waals surface area (Å²) in [5.74, 6) is -0.159. The van der Waals surface area contributed by atoms with Crippen LogP contribution in [-0.2, 0) is 4.74 Å². The van der Waals surface area contributed by atoms with Gasteiger partial charge < -0.3 is 10.1 Å². The molecule has 0 aliphatic carbocycles. The molecule has 0 radical (unpaired) electrons. The van der Waals surface area contributed by atoms with Gasteiger partial charge in [0.15, 0.2) is 10.3 Å². The van der Waals surface area contributed by atoms with Crippen LogP contribution < -0.4 is 10.6 Å². The number of thiazole rings is 2. The average molecular weight is 401 g/mol. The number of nitrogens with zero attached hydrogens (tertiary/aromatic N) is 2. The number of anilines is 2. The molecular weight excluding hydrogens is 380 g/mol. The summed E-state index contributed by atoms with van der Waals surface area (Å²) in [6.45, 7) is 3.57. The number of rotatable bonds is 6. The van der Waals surface area contributed by atoms with Crippen molar-refractivity contribution in [3.8, 4) is 10.6 Å². The lowest BCUT2D eigenvalue weighted by Crippen LogP contribution is -2.18. The monoisotopic (exact) mass is 400 g/mol. The van der Waals surface area contributed by atoms with E-state index in [1.165, 1.54) is 11.3 Å². The molecule has 0 saturated carbocycles. The molecule has 4 rings (SSSR count). The van der Waals surface area contributed by atoms with Crippen LogP contribution >= 0.6 is 22.7 Å². The maximum Gasteiger partial charge on any atom is 0.257 e. The van der Waals surface area contributed by atoms with E-state index in [0.29, 0.717) is 10.7 Å². The third kappa shape index (κ3) is 4.35. The minimum atomic E-state index is -0.159. The van der Waals surface area contributed by atoms with Crippen LogP contribution in [0.2, 0.25) is 0 Å². The van der Waals surface area contributed by atoms with Gasteiger partial charge in [-0.1, -0.05) is 29.5 Å². The Morgan fingerprint density at radius 1 is 1.26 bits per heavy atom. The second-order valence-electron chi connectivity index (χ2n) is 6.31. The maximum atomic E-state index is 12.3. The molecule has 8 heteroatoms. The summed E-state index contributed by atoms with van der Waals surface area (Å²) >= 11 is 3.01. The summed E-state index contributed by atoms with van der Waals surface area (Å²) in [5.41, 5.74) is 2.35. The highest BCUT2D eigenvalue weighted by Gasteiger charge is 2.17. The number of amides is 1. The quantitative estimate of drug-likeness (QED) is 0.641. The van der Waals surface area contributed by atoms with Gasteiger partial charge >= 0.3 is 0 Å². The van der Waals surface area contributed by atoms with Gasteiger partial charge in [-0.15, -0.1) is 11.3 Å². The molecule has 0 bridgehead atoms. The number of carbonyl (C=O) groups is 1. The number of hydrogen-bond donors (Lipinski definition) is 2. The number of nitrogens with one attached hydrogen (secondary N) is 2. The number of benzene rings is 1. The molecule has 27 heavy (non-hydrogen) atoms. The van der Waals surface area contributed by atoms with Crippen molar-refractivity contribution in [1.29, 1.82) is 0 Å². The zero-order chi connectivity index (χ0) is 18.6. The Kier molecular flexibility index (Phi) is 5.47. The van der Waals surface area contributed by atoms with E-state index in [1.54, 1.807) is 23.5 Å². The van der Waals surface area contributed by atoms with E-state index >= 15 is 0 Å². The molecular formula is C19H20N4O2S2. The molecule has 1 amide bonds. The van der Waals surface area contributed by atoms with Gasteiger partial charge in [0.1, 0.15) is 0 Å². The lowest BCUT2D eigenvalue weighted by Gasteiger charge is -2.08. The van der Waals surface area contributed by atoms with Crippen molar-refractivity contribution in [3.05, 3.63) is 47.0 Å². The second kappa shape index (κ2) is 8.16. The van der Waals surface area contributed by atoms with Crippen molar-refractivity contribution in [3.63, 3.8) is 0 Å². The summed E-state index contributed by atoms with van der Waals surface area (Å²) < 4.78 is 5.63. The highest BCUT2D eigenvalue weighted by molar-refractivity contribution is 7.20. The van der Waals surface area contributed by atoms with Crippen molar-refractivity contribution < 1.29 is 9.53 Å². The fourth-order valence-corrected chi connectivity index (χ4v) is 4.62. The van der Waals surface area contributed by atoms with Crippen LogP contribution in [0.1, 0.15) is 28.9 Å². The van der Waals surface area contributed by atoms with Gasteiger partial charge in [0, 0.05) is 24.1 Å². The first kappa shape index (κ1) is 18.1. The molecule has 2 N–H and O–H groups in total. The molecule has 6 nitrogen and oxygen atoms in total. The number of hydrogen-bond acceptors (Lipinski definition) is 7. The van der Waals surface area contributed by atoms with Crippen molar-refractivity contribution in [2.24, 2.45) is 0 Å². The average Bonchev–Trinajstić information content (AvgIpc) is 3.42. The Labute approximate surface area is 165 Å². The standard InChI is InChI=1S/C19H20N4O2S2/c1-12-16(15-11-26-18(22-15)20-10-14-8-5-9-25-14)27-19(21-12)23-17(24)13-6-3-2-4-7-13/h2-4,6-7,11,14H,5,8-10H2,1H3,(H,20,22)(H,21,23,24). The van der Waals surface area contributed by atoms with E-state index in [-0.39, 0.29) is 12.0 Å². The molecule has 140 valence electrons. The zero-order valence-electron chi connectivity index (χ0n) is 14.9. The number of carbonyl (C=O) groups excluding carboxylic acids is 1. The summed E-state index contributed by atoms with van der Waals surface area (Å²) in [7, 11) is 0. The highest BCUT2D eigenvalue weighted by Crippen LogP contribution is 2.34. The van der Waals surface area contributed by atoms with Crippen molar-refractivity contribution in [1.82, 2.24) is 9.97 Å². The first-order valence-electron chi connectivity index (χ1n) is 8.84. The molecule has 0 spiro atoms. The first-order chi connectivity index (χ1) is 13.2. The second-order valence-corrected chi connectivity index (χ2v) is 8.16. The van der Waals surface area contributed by atoms with E-state index in [9.17, 15) is 4.79 Å². The minimum Gasteiger partial charge on any atom is -0.376 e. The molecule has 1 unspecified atom stereocenters. The smallest absolute Gasteiger partial charge is 0.257 e. The fraction of sp³-hybridized carbons (Fsp3) is 0.316. The van der Waals surface area contributed by atoms with E-state index in [0.717, 1.165) is 47.4 Å². The summed E-state index contributed by atoms with van der Waals surface area (Å²) in [5, 5.41) is 9.70. The van der Waals surface area contributed by atoms with Gasteiger partial charge in [0.05, 0.1) is 22.4 Å². The molecule has 1 fully saturated rings. The van der Waals surface area contributed by atoms with Crippen LogP contribution in [0.15, 0.2) is 35.7 Å². The minimum absolute atomic E-state index is 0.159. The topological polar surface area (TPSA) is 76.1 Å². The molecule has 1 aliphatic heterocycles. The third-order valence-corrected chi connectivity index (χ3v) is 6.19. The predicted octanol–water partition coefficient (Wildman–Crippen LogP) is 4.42. The van der Waals surface area contributed by atoms with Gasteiger partial charge in [-0.25, -0.2) is 9.97 Å². The van der Waals surface area contributed by atoms with E-state index in [4.69, 9.17) is 4.74 Å². The number of aromatic nitrogens is 2. The van der Waals surface area contributed by atoms with Gasteiger partial charge in [0.2, 0.25) is 0 Å².